The molecule has 1 atom stereocenters. The lowest BCUT2D eigenvalue weighted by Crippen LogP contribution is -2.40. The molecule has 0 bridgehead atoms. The van der Waals surface area contributed by atoms with Crippen LogP contribution in [0.2, 0.25) is 5.02 Å². The molecule has 1 aromatic heterocycles. The Balaban J connectivity index is 0.00000192. The van der Waals surface area contributed by atoms with E-state index in [2.05, 4.69) is 10.5 Å². The van der Waals surface area contributed by atoms with Crippen molar-refractivity contribution in [3.63, 3.8) is 0 Å². The Kier molecular flexibility index (Phi) is 6.04. The van der Waals surface area contributed by atoms with Crippen molar-refractivity contribution in [3.8, 4) is 11.3 Å². The molecule has 7 heteroatoms. The molecular weight excluding hydrogens is 337 g/mol. The van der Waals surface area contributed by atoms with Gasteiger partial charge in [-0.3, -0.25) is 4.79 Å². The van der Waals surface area contributed by atoms with E-state index in [0.717, 1.165) is 31.5 Å². The Hall–Kier alpha value is -1.56. The van der Waals surface area contributed by atoms with E-state index in [1.165, 1.54) is 0 Å². The fourth-order valence-electron chi connectivity index (χ4n) is 2.85. The molecule has 1 aromatic carbocycles. The highest BCUT2D eigenvalue weighted by Gasteiger charge is 2.31. The second kappa shape index (κ2) is 7.81. The van der Waals surface area contributed by atoms with Gasteiger partial charge < -0.3 is 14.7 Å². The molecule has 1 aliphatic rings. The molecule has 124 valence electrons. The van der Waals surface area contributed by atoms with Gasteiger partial charge in [-0.05, 0) is 32.0 Å². The van der Waals surface area contributed by atoms with Crippen LogP contribution in [0, 0.1) is 0 Å². The Bertz CT molecular complexity index is 675. The minimum absolute atomic E-state index is 0. The average molecular weight is 356 g/mol. The topological polar surface area (TPSA) is 58.4 Å². The van der Waals surface area contributed by atoms with Crippen molar-refractivity contribution >= 4 is 29.9 Å². The highest BCUT2D eigenvalue weighted by Crippen LogP contribution is 2.25. The zero-order valence-corrected chi connectivity index (χ0v) is 14.4. The lowest BCUT2D eigenvalue weighted by Gasteiger charge is -2.23. The van der Waals surface area contributed by atoms with Crippen LogP contribution >= 0.6 is 24.0 Å². The first-order valence-electron chi connectivity index (χ1n) is 7.37. The van der Waals surface area contributed by atoms with Crippen LogP contribution < -0.4 is 5.32 Å². The zero-order valence-electron chi connectivity index (χ0n) is 12.8. The summed E-state index contributed by atoms with van der Waals surface area (Å²) < 4.78 is 5.25. The molecule has 0 aliphatic carbocycles. The van der Waals surface area contributed by atoms with Crippen molar-refractivity contribution in [1.82, 2.24) is 15.4 Å². The molecule has 1 amide bonds. The van der Waals surface area contributed by atoms with Gasteiger partial charge in [0, 0.05) is 35.8 Å². The van der Waals surface area contributed by atoms with Gasteiger partial charge in [0.05, 0.1) is 0 Å². The van der Waals surface area contributed by atoms with Crippen LogP contribution in [-0.4, -0.2) is 42.1 Å². The number of carbonyl (C=O) groups is 1. The molecule has 23 heavy (non-hydrogen) atoms. The van der Waals surface area contributed by atoms with Gasteiger partial charge in [-0.1, -0.05) is 28.9 Å². The maximum absolute atomic E-state index is 12.6. The SMILES string of the molecule is CNCC1CCCN1C(=O)c1cc(-c2cccc(Cl)c2)no1.Cl. The normalized spacial score (nSPS) is 17.1. The summed E-state index contributed by atoms with van der Waals surface area (Å²) in [7, 11) is 1.90. The minimum atomic E-state index is -0.0986. The second-order valence-electron chi connectivity index (χ2n) is 5.44. The first kappa shape index (κ1) is 17.8. The molecular formula is C16H19Cl2N3O2. The summed E-state index contributed by atoms with van der Waals surface area (Å²) in [6.45, 7) is 1.55. The van der Waals surface area contributed by atoms with Crippen molar-refractivity contribution in [2.45, 2.75) is 18.9 Å². The molecule has 0 radical (unpaired) electrons. The third kappa shape index (κ3) is 3.86. The largest absolute Gasteiger partial charge is 0.350 e. The van der Waals surface area contributed by atoms with Crippen LogP contribution in [0.4, 0.5) is 0 Å². The molecule has 0 spiro atoms. The quantitative estimate of drug-likeness (QED) is 0.914. The molecule has 1 saturated heterocycles. The van der Waals surface area contributed by atoms with Crippen LogP contribution in [0.3, 0.4) is 0 Å². The lowest BCUT2D eigenvalue weighted by atomic mass is 10.1. The number of rotatable bonds is 4. The minimum Gasteiger partial charge on any atom is -0.350 e. The number of hydrogen-bond acceptors (Lipinski definition) is 4. The van der Waals surface area contributed by atoms with Crippen LogP contribution in [0.25, 0.3) is 11.3 Å². The molecule has 0 saturated carbocycles. The van der Waals surface area contributed by atoms with Gasteiger partial charge in [-0.25, -0.2) is 0 Å². The number of amides is 1. The summed E-state index contributed by atoms with van der Waals surface area (Å²) in [4.78, 5) is 14.4. The van der Waals surface area contributed by atoms with Gasteiger partial charge in [0.15, 0.2) is 0 Å². The molecule has 1 aliphatic heterocycles. The molecule has 1 unspecified atom stereocenters. The van der Waals surface area contributed by atoms with Gasteiger partial charge in [0.1, 0.15) is 5.69 Å². The first-order valence-corrected chi connectivity index (χ1v) is 7.75. The highest BCUT2D eigenvalue weighted by atomic mass is 35.5. The number of aromatic nitrogens is 1. The van der Waals surface area contributed by atoms with Crippen LogP contribution in [-0.2, 0) is 0 Å². The number of likely N-dealkylation sites (N-methyl/N-ethyl adjacent to an activating group) is 1. The van der Waals surface area contributed by atoms with E-state index in [1.807, 2.05) is 24.1 Å². The smallest absolute Gasteiger partial charge is 0.292 e. The predicted molar refractivity (Wildman–Crippen MR) is 92.2 cm³/mol. The fraction of sp³-hybridized carbons (Fsp3) is 0.375. The van der Waals surface area contributed by atoms with Gasteiger partial charge >= 0.3 is 0 Å². The first-order chi connectivity index (χ1) is 10.7. The summed E-state index contributed by atoms with van der Waals surface area (Å²) in [5.74, 6) is 0.177. The van der Waals surface area contributed by atoms with Crippen molar-refractivity contribution in [2.75, 3.05) is 20.1 Å². The van der Waals surface area contributed by atoms with Gasteiger partial charge in [-0.15, -0.1) is 12.4 Å². The highest BCUT2D eigenvalue weighted by molar-refractivity contribution is 6.30. The second-order valence-corrected chi connectivity index (χ2v) is 5.88. The van der Waals surface area contributed by atoms with Crippen LogP contribution in [0.15, 0.2) is 34.9 Å². The van der Waals surface area contributed by atoms with E-state index in [0.29, 0.717) is 10.7 Å². The predicted octanol–water partition coefficient (Wildman–Crippen LogP) is 3.24. The molecule has 5 nitrogen and oxygen atoms in total. The fourth-order valence-corrected chi connectivity index (χ4v) is 3.04. The number of nitrogens with zero attached hydrogens (tertiary/aromatic N) is 2. The Morgan fingerprint density at radius 1 is 1.48 bits per heavy atom. The van der Waals surface area contributed by atoms with E-state index in [1.54, 1.807) is 18.2 Å². The van der Waals surface area contributed by atoms with Crippen LogP contribution in [0.1, 0.15) is 23.4 Å². The monoisotopic (exact) mass is 355 g/mol. The summed E-state index contributed by atoms with van der Waals surface area (Å²) in [6, 6.07) is 9.23. The zero-order chi connectivity index (χ0) is 15.5. The van der Waals surface area contributed by atoms with E-state index in [-0.39, 0.29) is 30.1 Å². The number of hydrogen-bond donors (Lipinski definition) is 1. The number of benzene rings is 1. The summed E-state index contributed by atoms with van der Waals surface area (Å²) in [5, 5.41) is 7.75. The van der Waals surface area contributed by atoms with Gasteiger partial charge in [-0.2, -0.15) is 0 Å². The maximum atomic E-state index is 12.6. The summed E-state index contributed by atoms with van der Waals surface area (Å²) in [5.41, 5.74) is 1.46. The average Bonchev–Trinajstić information content (AvgIpc) is 3.16. The standard InChI is InChI=1S/C16H18ClN3O2.ClH/c1-18-10-13-6-3-7-20(13)16(21)15-9-14(19-22-15)11-4-2-5-12(17)8-11;/h2,4-5,8-9,13,18H,3,6-7,10H2,1H3;1H. The number of halogens is 2. The van der Waals surface area contributed by atoms with Crippen molar-refractivity contribution in [3.05, 3.63) is 41.1 Å². The van der Waals surface area contributed by atoms with E-state index in [4.69, 9.17) is 16.1 Å². The third-order valence-electron chi connectivity index (χ3n) is 3.92. The number of nitrogens with one attached hydrogen (secondary N) is 1. The Morgan fingerprint density at radius 3 is 3.04 bits per heavy atom. The van der Waals surface area contributed by atoms with Crippen LogP contribution in [0.5, 0.6) is 0 Å². The molecule has 3 rings (SSSR count). The summed E-state index contributed by atoms with van der Waals surface area (Å²) >= 11 is 5.98. The Morgan fingerprint density at radius 2 is 2.30 bits per heavy atom. The molecule has 1 N–H and O–H groups in total. The van der Waals surface area contributed by atoms with Crippen molar-refractivity contribution in [2.24, 2.45) is 0 Å². The van der Waals surface area contributed by atoms with Crippen molar-refractivity contribution < 1.29 is 9.32 Å². The van der Waals surface area contributed by atoms with Gasteiger partial charge in [0.2, 0.25) is 5.76 Å². The molecule has 2 heterocycles. The van der Waals surface area contributed by atoms with E-state index in [9.17, 15) is 4.79 Å². The lowest BCUT2D eigenvalue weighted by molar-refractivity contribution is 0.0695. The van der Waals surface area contributed by atoms with Gasteiger partial charge in [0.25, 0.3) is 5.91 Å². The molecule has 2 aromatic rings. The summed E-state index contributed by atoms with van der Waals surface area (Å²) in [6.07, 6.45) is 2.04. The maximum Gasteiger partial charge on any atom is 0.292 e. The third-order valence-corrected chi connectivity index (χ3v) is 4.15. The van der Waals surface area contributed by atoms with Crippen molar-refractivity contribution in [1.29, 1.82) is 0 Å². The molecule has 1 fully saturated rings. The number of carbonyl (C=O) groups excluding carboxylic acids is 1. The Labute approximate surface area is 146 Å². The van der Waals surface area contributed by atoms with E-state index < -0.39 is 0 Å². The van der Waals surface area contributed by atoms with E-state index >= 15 is 0 Å². The number of likely N-dealkylation sites (tertiary alicyclic amines) is 1.